The van der Waals surface area contributed by atoms with Crippen molar-refractivity contribution >= 4 is 11.0 Å². The predicted molar refractivity (Wildman–Crippen MR) is 93.7 cm³/mol. The minimum absolute atomic E-state index is 0.239. The molecule has 9 heteroatoms. The minimum Gasteiger partial charge on any atom is -0.316 e. The minimum atomic E-state index is -1.76. The van der Waals surface area contributed by atoms with E-state index in [-0.39, 0.29) is 5.03 Å². The summed E-state index contributed by atoms with van der Waals surface area (Å²) in [5.41, 5.74) is 3.63. The second kappa shape index (κ2) is 6.79. The molecule has 128 valence electrons. The monoisotopic (exact) mass is 355 g/mol. The second-order valence-corrected chi connectivity index (χ2v) is 6.86. The molecule has 1 fully saturated rings. The molecule has 3 aromatic rings. The van der Waals surface area contributed by atoms with Crippen molar-refractivity contribution in [1.82, 2.24) is 30.9 Å². The molecule has 0 spiro atoms. The third kappa shape index (κ3) is 3.09. The molecule has 1 aromatic carbocycles. The number of benzene rings is 1. The standard InChI is InChI=1S/C16H17N7OS/c17-25(24)16-14(15-20-22-23-21-15)13(6-8-19-16)11-3-1-10(2-4-11)12-5-7-18-9-12/h1-4,6,8,12,18H,5,7,9,17H2,(H,20,21,22,23). The van der Waals surface area contributed by atoms with Gasteiger partial charge in [0.25, 0.3) is 0 Å². The number of pyridine rings is 1. The van der Waals surface area contributed by atoms with Gasteiger partial charge < -0.3 is 5.32 Å². The van der Waals surface area contributed by atoms with E-state index < -0.39 is 11.0 Å². The molecule has 2 unspecified atom stereocenters. The third-order valence-electron chi connectivity index (χ3n) is 4.43. The van der Waals surface area contributed by atoms with Crippen molar-refractivity contribution in [2.24, 2.45) is 5.14 Å². The van der Waals surface area contributed by atoms with Gasteiger partial charge in [-0.2, -0.15) is 5.21 Å². The Morgan fingerprint density at radius 1 is 1.20 bits per heavy atom. The molecule has 2 atom stereocenters. The van der Waals surface area contributed by atoms with Gasteiger partial charge in [0.05, 0.1) is 5.56 Å². The van der Waals surface area contributed by atoms with Crippen LogP contribution in [0.15, 0.2) is 41.6 Å². The number of nitrogens with zero attached hydrogens (tertiary/aromatic N) is 4. The molecular formula is C16H17N7OS. The fourth-order valence-electron chi connectivity index (χ4n) is 3.19. The second-order valence-electron chi connectivity index (χ2n) is 5.88. The normalized spacial score (nSPS) is 18.4. The maximum atomic E-state index is 11.9. The van der Waals surface area contributed by atoms with E-state index in [1.54, 1.807) is 6.20 Å². The number of tetrazole rings is 1. The molecule has 0 bridgehead atoms. The first kappa shape index (κ1) is 16.0. The molecule has 0 amide bonds. The molecule has 1 aliphatic rings. The van der Waals surface area contributed by atoms with E-state index in [9.17, 15) is 4.21 Å². The predicted octanol–water partition coefficient (Wildman–Crippen LogP) is 0.987. The first-order valence-corrected chi connectivity index (χ1v) is 9.15. The summed E-state index contributed by atoms with van der Waals surface area (Å²) in [6.07, 6.45) is 2.74. The Morgan fingerprint density at radius 2 is 2.04 bits per heavy atom. The van der Waals surface area contributed by atoms with Crippen LogP contribution >= 0.6 is 0 Å². The summed E-state index contributed by atoms with van der Waals surface area (Å²) in [6.45, 7) is 2.07. The Hall–Kier alpha value is -2.49. The highest BCUT2D eigenvalue weighted by Crippen LogP contribution is 2.34. The molecule has 2 aromatic heterocycles. The van der Waals surface area contributed by atoms with Crippen LogP contribution in [0, 0.1) is 0 Å². The summed E-state index contributed by atoms with van der Waals surface area (Å²) in [5.74, 6) is 0.872. The number of hydrogen-bond donors (Lipinski definition) is 3. The molecule has 25 heavy (non-hydrogen) atoms. The van der Waals surface area contributed by atoms with Crippen molar-refractivity contribution in [2.45, 2.75) is 17.4 Å². The maximum Gasteiger partial charge on any atom is 0.208 e. The fraction of sp³-hybridized carbons (Fsp3) is 0.250. The Bertz CT molecular complexity index is 889. The van der Waals surface area contributed by atoms with E-state index in [0.717, 1.165) is 30.6 Å². The van der Waals surface area contributed by atoms with Crippen LogP contribution < -0.4 is 10.5 Å². The summed E-state index contributed by atoms with van der Waals surface area (Å²) in [7, 11) is -1.76. The van der Waals surface area contributed by atoms with Gasteiger partial charge in [-0.25, -0.2) is 14.3 Å². The number of nitrogens with one attached hydrogen (secondary N) is 2. The maximum absolute atomic E-state index is 11.9. The zero-order valence-electron chi connectivity index (χ0n) is 13.3. The Kier molecular flexibility index (Phi) is 4.35. The summed E-state index contributed by atoms with van der Waals surface area (Å²) >= 11 is 0. The van der Waals surface area contributed by atoms with E-state index >= 15 is 0 Å². The van der Waals surface area contributed by atoms with Gasteiger partial charge in [-0.15, -0.1) is 10.2 Å². The smallest absolute Gasteiger partial charge is 0.208 e. The summed E-state index contributed by atoms with van der Waals surface area (Å²) in [6, 6.07) is 10.2. The van der Waals surface area contributed by atoms with Crippen molar-refractivity contribution in [3.05, 3.63) is 42.1 Å². The average molecular weight is 355 g/mol. The molecule has 8 nitrogen and oxygen atoms in total. The number of aromatic nitrogens is 5. The first-order chi connectivity index (χ1) is 12.2. The van der Waals surface area contributed by atoms with Crippen molar-refractivity contribution in [1.29, 1.82) is 0 Å². The van der Waals surface area contributed by atoms with Gasteiger partial charge in [-0.1, -0.05) is 24.3 Å². The Balaban J connectivity index is 1.80. The number of hydrogen-bond acceptors (Lipinski definition) is 6. The third-order valence-corrected chi connectivity index (χ3v) is 5.12. The molecule has 1 aliphatic heterocycles. The highest BCUT2D eigenvalue weighted by atomic mass is 32.2. The van der Waals surface area contributed by atoms with Gasteiger partial charge >= 0.3 is 0 Å². The first-order valence-electron chi connectivity index (χ1n) is 7.94. The van der Waals surface area contributed by atoms with Crippen molar-refractivity contribution in [2.75, 3.05) is 13.1 Å². The van der Waals surface area contributed by atoms with Crippen LogP contribution in [-0.2, 0) is 11.0 Å². The van der Waals surface area contributed by atoms with Crippen LogP contribution in [0.2, 0.25) is 0 Å². The lowest BCUT2D eigenvalue weighted by atomic mass is 9.94. The molecule has 0 saturated carbocycles. The molecular weight excluding hydrogens is 338 g/mol. The molecule has 4 N–H and O–H groups in total. The summed E-state index contributed by atoms with van der Waals surface area (Å²) in [5, 5.41) is 23.2. The molecule has 0 radical (unpaired) electrons. The lowest BCUT2D eigenvalue weighted by Gasteiger charge is -2.12. The van der Waals surface area contributed by atoms with Crippen molar-refractivity contribution < 1.29 is 4.21 Å². The van der Waals surface area contributed by atoms with Crippen LogP contribution in [-0.4, -0.2) is 42.9 Å². The highest BCUT2D eigenvalue weighted by molar-refractivity contribution is 7.82. The van der Waals surface area contributed by atoms with E-state index in [1.807, 2.05) is 6.07 Å². The topological polar surface area (TPSA) is 122 Å². The summed E-state index contributed by atoms with van der Waals surface area (Å²) < 4.78 is 11.9. The highest BCUT2D eigenvalue weighted by Gasteiger charge is 2.21. The summed E-state index contributed by atoms with van der Waals surface area (Å²) in [4.78, 5) is 4.15. The van der Waals surface area contributed by atoms with Crippen LogP contribution in [0.1, 0.15) is 17.9 Å². The zero-order valence-corrected chi connectivity index (χ0v) is 14.2. The van der Waals surface area contributed by atoms with E-state index in [2.05, 4.69) is 55.2 Å². The average Bonchev–Trinajstić information content (AvgIpc) is 3.35. The van der Waals surface area contributed by atoms with Gasteiger partial charge in [-0.3, -0.25) is 0 Å². The van der Waals surface area contributed by atoms with Gasteiger partial charge in [0, 0.05) is 12.7 Å². The van der Waals surface area contributed by atoms with Gasteiger partial charge in [0.2, 0.25) is 5.82 Å². The fourth-order valence-corrected chi connectivity index (χ4v) is 3.76. The number of nitrogens with two attached hydrogens (primary N) is 1. The largest absolute Gasteiger partial charge is 0.316 e. The van der Waals surface area contributed by atoms with E-state index in [0.29, 0.717) is 17.3 Å². The SMILES string of the molecule is NS(=O)c1nccc(-c2ccc(C3CCNC3)cc2)c1-c1nn[nH]n1. The van der Waals surface area contributed by atoms with Crippen LogP contribution in [0.4, 0.5) is 0 Å². The lowest BCUT2D eigenvalue weighted by molar-refractivity contribution is 0.682. The Morgan fingerprint density at radius 3 is 2.68 bits per heavy atom. The van der Waals surface area contributed by atoms with Crippen LogP contribution in [0.5, 0.6) is 0 Å². The lowest BCUT2D eigenvalue weighted by Crippen LogP contribution is -2.08. The zero-order chi connectivity index (χ0) is 17.2. The number of rotatable bonds is 4. The van der Waals surface area contributed by atoms with Gasteiger partial charge in [0.1, 0.15) is 11.0 Å². The Labute approximate surface area is 146 Å². The quantitative estimate of drug-likeness (QED) is 0.641. The van der Waals surface area contributed by atoms with E-state index in [1.165, 1.54) is 5.56 Å². The van der Waals surface area contributed by atoms with Gasteiger partial charge in [0.15, 0.2) is 5.03 Å². The van der Waals surface area contributed by atoms with Crippen molar-refractivity contribution in [3.8, 4) is 22.5 Å². The molecule has 3 heterocycles. The number of aromatic amines is 1. The molecule has 1 saturated heterocycles. The van der Waals surface area contributed by atoms with Crippen LogP contribution in [0.25, 0.3) is 22.5 Å². The van der Waals surface area contributed by atoms with E-state index in [4.69, 9.17) is 5.14 Å². The van der Waals surface area contributed by atoms with Crippen molar-refractivity contribution in [3.63, 3.8) is 0 Å². The molecule has 4 rings (SSSR count). The molecule has 0 aliphatic carbocycles. The van der Waals surface area contributed by atoms with Crippen LogP contribution in [0.3, 0.4) is 0 Å². The number of H-pyrrole nitrogens is 1. The van der Waals surface area contributed by atoms with Gasteiger partial charge in [-0.05, 0) is 46.9 Å².